The van der Waals surface area contributed by atoms with Crippen molar-refractivity contribution in [3.8, 4) is 11.3 Å². The highest BCUT2D eigenvalue weighted by Gasteiger charge is 2.08. The second-order valence-corrected chi connectivity index (χ2v) is 3.69. The van der Waals surface area contributed by atoms with E-state index in [4.69, 9.17) is 5.73 Å². The van der Waals surface area contributed by atoms with Gasteiger partial charge in [-0.2, -0.15) is 5.10 Å². The van der Waals surface area contributed by atoms with E-state index in [9.17, 15) is 0 Å². The minimum atomic E-state index is 0.292. The zero-order valence-corrected chi connectivity index (χ0v) is 9.51. The first-order chi connectivity index (χ1) is 7.70. The van der Waals surface area contributed by atoms with Crippen LogP contribution < -0.4 is 5.73 Å². The number of nitrogens with zero attached hydrogens (tertiary/aromatic N) is 4. The average Bonchev–Trinajstić information content (AvgIpc) is 2.60. The van der Waals surface area contributed by atoms with Crippen LogP contribution in [0.3, 0.4) is 0 Å². The van der Waals surface area contributed by atoms with Crippen LogP contribution in [-0.2, 0) is 6.54 Å². The van der Waals surface area contributed by atoms with Gasteiger partial charge in [0.25, 0.3) is 0 Å². The van der Waals surface area contributed by atoms with E-state index in [1.54, 1.807) is 6.20 Å². The Bertz CT molecular complexity index is 489. The quantitative estimate of drug-likeness (QED) is 0.848. The standard InChI is InChI=1S/C11H15N5/c1-3-6-16-7-9(8(2)15-16)10-4-5-13-11(12)14-10/h4-5,7H,3,6H2,1-2H3,(H2,12,13,14). The van der Waals surface area contributed by atoms with Crippen LogP contribution in [0.4, 0.5) is 5.95 Å². The maximum atomic E-state index is 5.56. The van der Waals surface area contributed by atoms with Crippen LogP contribution in [0.1, 0.15) is 19.0 Å². The van der Waals surface area contributed by atoms with Gasteiger partial charge in [-0.25, -0.2) is 9.97 Å². The fourth-order valence-corrected chi connectivity index (χ4v) is 1.64. The first-order valence-electron chi connectivity index (χ1n) is 5.33. The summed E-state index contributed by atoms with van der Waals surface area (Å²) in [6.45, 7) is 5.01. The van der Waals surface area contributed by atoms with Crippen molar-refractivity contribution in [3.63, 3.8) is 0 Å². The molecule has 0 aliphatic heterocycles. The SMILES string of the molecule is CCCn1cc(-c2ccnc(N)n2)c(C)n1. The first-order valence-corrected chi connectivity index (χ1v) is 5.33. The average molecular weight is 217 g/mol. The van der Waals surface area contributed by atoms with Crippen molar-refractivity contribution in [2.45, 2.75) is 26.8 Å². The number of aromatic nitrogens is 4. The minimum Gasteiger partial charge on any atom is -0.368 e. The van der Waals surface area contributed by atoms with E-state index in [1.165, 1.54) is 0 Å². The first kappa shape index (κ1) is 10.6. The van der Waals surface area contributed by atoms with Crippen LogP contribution in [0.2, 0.25) is 0 Å². The van der Waals surface area contributed by atoms with Crippen LogP contribution in [0.15, 0.2) is 18.5 Å². The molecule has 0 aromatic carbocycles. The summed E-state index contributed by atoms with van der Waals surface area (Å²) in [4.78, 5) is 8.07. The molecule has 0 unspecified atom stereocenters. The molecule has 0 saturated heterocycles. The van der Waals surface area contributed by atoms with E-state index in [1.807, 2.05) is 23.9 Å². The van der Waals surface area contributed by atoms with Gasteiger partial charge in [0.05, 0.1) is 11.4 Å². The predicted octanol–water partition coefficient (Wildman–Crippen LogP) is 1.64. The third kappa shape index (κ3) is 2.03. The van der Waals surface area contributed by atoms with E-state index in [-0.39, 0.29) is 0 Å². The third-order valence-electron chi connectivity index (χ3n) is 2.35. The Morgan fingerprint density at radius 1 is 1.44 bits per heavy atom. The number of hydrogen-bond acceptors (Lipinski definition) is 4. The van der Waals surface area contributed by atoms with Crippen molar-refractivity contribution in [2.75, 3.05) is 5.73 Å². The van der Waals surface area contributed by atoms with Gasteiger partial charge in [0, 0.05) is 24.5 Å². The van der Waals surface area contributed by atoms with E-state index in [2.05, 4.69) is 22.0 Å². The summed E-state index contributed by atoms with van der Waals surface area (Å²) in [6.07, 6.45) is 4.72. The lowest BCUT2D eigenvalue weighted by atomic mass is 10.2. The highest BCUT2D eigenvalue weighted by molar-refractivity contribution is 5.61. The van der Waals surface area contributed by atoms with Gasteiger partial charge in [-0.15, -0.1) is 0 Å². The van der Waals surface area contributed by atoms with Crippen molar-refractivity contribution in [2.24, 2.45) is 0 Å². The predicted molar refractivity (Wildman–Crippen MR) is 62.7 cm³/mol. The Kier molecular flexibility index (Phi) is 2.85. The Hall–Kier alpha value is -1.91. The lowest BCUT2D eigenvalue weighted by Crippen LogP contribution is -1.96. The molecule has 0 saturated carbocycles. The molecular formula is C11H15N5. The highest BCUT2D eigenvalue weighted by Crippen LogP contribution is 2.20. The van der Waals surface area contributed by atoms with Crippen molar-refractivity contribution in [3.05, 3.63) is 24.2 Å². The summed E-state index contributed by atoms with van der Waals surface area (Å²) in [5.41, 5.74) is 8.37. The number of nitrogens with two attached hydrogens (primary N) is 1. The molecule has 0 spiro atoms. The second kappa shape index (κ2) is 4.30. The Labute approximate surface area is 94.3 Å². The summed E-state index contributed by atoms with van der Waals surface area (Å²) in [7, 11) is 0. The fourth-order valence-electron chi connectivity index (χ4n) is 1.64. The van der Waals surface area contributed by atoms with Crippen LogP contribution in [0.25, 0.3) is 11.3 Å². The normalized spacial score (nSPS) is 10.6. The van der Waals surface area contributed by atoms with Crippen LogP contribution in [0.5, 0.6) is 0 Å². The molecule has 0 amide bonds. The van der Waals surface area contributed by atoms with Crippen molar-refractivity contribution < 1.29 is 0 Å². The number of rotatable bonds is 3. The van der Waals surface area contributed by atoms with Crippen molar-refractivity contribution in [1.82, 2.24) is 19.7 Å². The molecule has 2 rings (SSSR count). The molecule has 5 nitrogen and oxygen atoms in total. The van der Waals surface area contributed by atoms with Crippen LogP contribution in [0, 0.1) is 6.92 Å². The van der Waals surface area contributed by atoms with E-state index in [0.717, 1.165) is 29.9 Å². The molecule has 0 aliphatic carbocycles. The topological polar surface area (TPSA) is 69.6 Å². The van der Waals surface area contributed by atoms with Gasteiger partial charge in [-0.3, -0.25) is 4.68 Å². The molecule has 0 aliphatic rings. The summed E-state index contributed by atoms with van der Waals surface area (Å²) in [5.74, 6) is 0.292. The van der Waals surface area contributed by atoms with Crippen molar-refractivity contribution in [1.29, 1.82) is 0 Å². The van der Waals surface area contributed by atoms with E-state index in [0.29, 0.717) is 5.95 Å². The molecule has 0 radical (unpaired) electrons. The number of nitrogen functional groups attached to an aromatic ring is 1. The molecular weight excluding hydrogens is 202 g/mol. The van der Waals surface area contributed by atoms with Gasteiger partial charge in [-0.1, -0.05) is 6.92 Å². The Morgan fingerprint density at radius 2 is 2.25 bits per heavy atom. The van der Waals surface area contributed by atoms with Crippen LogP contribution >= 0.6 is 0 Å². The zero-order chi connectivity index (χ0) is 11.5. The van der Waals surface area contributed by atoms with Crippen molar-refractivity contribution >= 4 is 5.95 Å². The van der Waals surface area contributed by atoms with Gasteiger partial charge < -0.3 is 5.73 Å². The largest absolute Gasteiger partial charge is 0.368 e. The smallest absolute Gasteiger partial charge is 0.220 e. The summed E-state index contributed by atoms with van der Waals surface area (Å²) in [6, 6.07) is 1.84. The van der Waals surface area contributed by atoms with Gasteiger partial charge in [0.2, 0.25) is 5.95 Å². The molecule has 2 aromatic heterocycles. The van der Waals surface area contributed by atoms with Gasteiger partial charge >= 0.3 is 0 Å². The second-order valence-electron chi connectivity index (χ2n) is 3.69. The highest BCUT2D eigenvalue weighted by atomic mass is 15.3. The molecule has 2 N–H and O–H groups in total. The number of aryl methyl sites for hydroxylation is 2. The van der Waals surface area contributed by atoms with E-state index >= 15 is 0 Å². The lowest BCUT2D eigenvalue weighted by molar-refractivity contribution is 0.598. The van der Waals surface area contributed by atoms with Gasteiger partial charge in [0.15, 0.2) is 0 Å². The molecule has 2 aromatic rings. The Balaban J connectivity index is 2.40. The molecule has 84 valence electrons. The zero-order valence-electron chi connectivity index (χ0n) is 9.51. The maximum Gasteiger partial charge on any atom is 0.220 e. The maximum absolute atomic E-state index is 5.56. The van der Waals surface area contributed by atoms with Gasteiger partial charge in [-0.05, 0) is 19.4 Å². The molecule has 0 fully saturated rings. The molecule has 0 bridgehead atoms. The minimum absolute atomic E-state index is 0.292. The number of anilines is 1. The molecule has 5 heteroatoms. The molecule has 0 atom stereocenters. The Morgan fingerprint density at radius 3 is 2.94 bits per heavy atom. The number of hydrogen-bond donors (Lipinski definition) is 1. The third-order valence-corrected chi connectivity index (χ3v) is 2.35. The monoisotopic (exact) mass is 217 g/mol. The molecule has 16 heavy (non-hydrogen) atoms. The molecule has 2 heterocycles. The fraction of sp³-hybridized carbons (Fsp3) is 0.364. The van der Waals surface area contributed by atoms with Gasteiger partial charge in [0.1, 0.15) is 0 Å². The lowest BCUT2D eigenvalue weighted by Gasteiger charge is -1.98. The summed E-state index contributed by atoms with van der Waals surface area (Å²) >= 11 is 0. The van der Waals surface area contributed by atoms with Crippen LogP contribution in [-0.4, -0.2) is 19.7 Å². The van der Waals surface area contributed by atoms with E-state index < -0.39 is 0 Å². The summed E-state index contributed by atoms with van der Waals surface area (Å²) < 4.78 is 1.93. The summed E-state index contributed by atoms with van der Waals surface area (Å²) in [5, 5.41) is 4.42.